The summed E-state index contributed by atoms with van der Waals surface area (Å²) in [5, 5.41) is 5.46. The fourth-order valence-electron chi connectivity index (χ4n) is 2.88. The molecule has 0 saturated heterocycles. The van der Waals surface area contributed by atoms with Crippen molar-refractivity contribution in [2.75, 3.05) is 11.9 Å². The summed E-state index contributed by atoms with van der Waals surface area (Å²) in [6, 6.07) is 5.67. The molecule has 0 saturated carbocycles. The van der Waals surface area contributed by atoms with Crippen LogP contribution < -0.4 is 14.8 Å². The van der Waals surface area contributed by atoms with Crippen LogP contribution in [0.1, 0.15) is 24.6 Å². The summed E-state index contributed by atoms with van der Waals surface area (Å²) in [5.74, 6) is 0.380. The molecule has 0 aliphatic carbocycles. The number of carbonyl (C=O) groups excluding carboxylic acids is 1. The van der Waals surface area contributed by atoms with E-state index in [1.165, 1.54) is 4.90 Å². The number of amides is 1. The molecule has 0 spiro atoms. The molecular formula is C16H18BrN3O4S2. The molecule has 1 atom stereocenters. The van der Waals surface area contributed by atoms with Gasteiger partial charge in [0.1, 0.15) is 5.75 Å². The van der Waals surface area contributed by atoms with Gasteiger partial charge in [0.2, 0.25) is 10.0 Å². The zero-order valence-corrected chi connectivity index (χ0v) is 17.7. The zero-order valence-electron chi connectivity index (χ0n) is 14.4. The highest BCUT2D eigenvalue weighted by Crippen LogP contribution is 2.37. The molecule has 7 nitrogen and oxygen atoms in total. The van der Waals surface area contributed by atoms with Gasteiger partial charge in [0.15, 0.2) is 14.9 Å². The number of benzene rings is 1. The Morgan fingerprint density at radius 2 is 2.15 bits per heavy atom. The Morgan fingerprint density at radius 1 is 1.46 bits per heavy atom. The highest BCUT2D eigenvalue weighted by Gasteiger charge is 2.42. The van der Waals surface area contributed by atoms with Gasteiger partial charge in [0, 0.05) is 17.9 Å². The highest BCUT2D eigenvalue weighted by molar-refractivity contribution is 9.10. The van der Waals surface area contributed by atoms with Gasteiger partial charge in [-0.1, -0.05) is 27.3 Å². The molecule has 1 aliphatic rings. The van der Waals surface area contributed by atoms with E-state index in [9.17, 15) is 13.2 Å². The predicted molar refractivity (Wildman–Crippen MR) is 103 cm³/mol. The lowest BCUT2D eigenvalue weighted by Crippen LogP contribution is -2.51. The Morgan fingerprint density at radius 3 is 2.77 bits per heavy atom. The number of halogens is 1. The molecule has 1 aromatic heterocycles. The molecule has 3 rings (SSSR count). The van der Waals surface area contributed by atoms with Gasteiger partial charge in [-0.15, -0.1) is 0 Å². The van der Waals surface area contributed by atoms with Crippen molar-refractivity contribution in [3.63, 3.8) is 0 Å². The summed E-state index contributed by atoms with van der Waals surface area (Å²) < 4.78 is 30.1. The standard InChI is InChI=1S/C16H18BrN3O4S2/c1-9-13(26(18,22)23)25-15(19-9)20(3)14(21)16(2)7-6-10-8-11(17)4-5-12(10)24-16/h4-5,8H,6-7H2,1-3H3,(H2,18,22,23). The molecule has 2 aromatic rings. The van der Waals surface area contributed by atoms with Gasteiger partial charge in [-0.25, -0.2) is 18.5 Å². The van der Waals surface area contributed by atoms with Gasteiger partial charge >= 0.3 is 0 Å². The van der Waals surface area contributed by atoms with Crippen LogP contribution in [0.25, 0.3) is 0 Å². The molecule has 26 heavy (non-hydrogen) atoms. The number of nitrogens with zero attached hydrogens (tertiary/aromatic N) is 2. The number of thiazole rings is 1. The third kappa shape index (κ3) is 3.51. The predicted octanol–water partition coefficient (Wildman–Crippen LogP) is 2.61. The first-order valence-electron chi connectivity index (χ1n) is 7.77. The number of primary sulfonamides is 1. The first kappa shape index (κ1) is 19.3. The van der Waals surface area contributed by atoms with Crippen molar-refractivity contribution >= 4 is 48.3 Å². The summed E-state index contributed by atoms with van der Waals surface area (Å²) in [4.78, 5) is 18.6. The lowest BCUT2D eigenvalue weighted by molar-refractivity contribution is -0.133. The number of fused-ring (bicyclic) bond motifs is 1. The Hall–Kier alpha value is -1.49. The molecule has 1 aromatic carbocycles. The molecular weight excluding hydrogens is 442 g/mol. The minimum atomic E-state index is -3.87. The number of anilines is 1. The molecule has 1 unspecified atom stereocenters. The normalized spacial score (nSPS) is 19.6. The summed E-state index contributed by atoms with van der Waals surface area (Å²) in [5.41, 5.74) is 0.252. The van der Waals surface area contributed by atoms with Crippen LogP contribution >= 0.6 is 27.3 Å². The third-order valence-electron chi connectivity index (χ3n) is 4.27. The molecule has 1 amide bonds. The van der Waals surface area contributed by atoms with E-state index in [1.807, 2.05) is 18.2 Å². The Labute approximate surface area is 164 Å². The Balaban J connectivity index is 1.88. The van der Waals surface area contributed by atoms with Crippen LogP contribution in [0.2, 0.25) is 0 Å². The van der Waals surface area contributed by atoms with Crippen molar-refractivity contribution in [2.24, 2.45) is 5.14 Å². The summed E-state index contributed by atoms with van der Waals surface area (Å²) in [6.07, 6.45) is 1.20. The SMILES string of the molecule is Cc1nc(N(C)C(=O)C2(C)CCc3cc(Br)ccc3O2)sc1S(N)(=O)=O. The second-order valence-corrected chi connectivity index (χ2v) is 10.0. The van der Waals surface area contributed by atoms with E-state index in [0.717, 1.165) is 21.4 Å². The summed E-state index contributed by atoms with van der Waals surface area (Å²) >= 11 is 4.30. The van der Waals surface area contributed by atoms with Crippen molar-refractivity contribution in [2.45, 2.75) is 36.5 Å². The maximum Gasteiger partial charge on any atom is 0.272 e. The lowest BCUT2D eigenvalue weighted by Gasteiger charge is -2.36. The first-order valence-corrected chi connectivity index (χ1v) is 10.9. The average molecular weight is 460 g/mol. The molecule has 2 heterocycles. The Kier molecular flexibility index (Phi) is 4.89. The second-order valence-electron chi connectivity index (χ2n) is 6.36. The van der Waals surface area contributed by atoms with Crippen LogP contribution in [0.5, 0.6) is 5.75 Å². The quantitative estimate of drug-likeness (QED) is 0.759. The fraction of sp³-hybridized carbons (Fsp3) is 0.375. The fourth-order valence-corrected chi connectivity index (χ4v) is 5.19. The maximum atomic E-state index is 13.0. The second kappa shape index (κ2) is 6.59. The number of hydrogen-bond donors (Lipinski definition) is 1. The minimum Gasteiger partial charge on any atom is -0.477 e. The highest BCUT2D eigenvalue weighted by atomic mass is 79.9. The number of aryl methyl sites for hydroxylation is 2. The van der Waals surface area contributed by atoms with Gasteiger partial charge in [-0.3, -0.25) is 9.69 Å². The monoisotopic (exact) mass is 459 g/mol. The number of nitrogens with two attached hydrogens (primary N) is 1. The number of rotatable bonds is 3. The van der Waals surface area contributed by atoms with Crippen LogP contribution in [0.15, 0.2) is 26.9 Å². The molecule has 0 fully saturated rings. The van der Waals surface area contributed by atoms with Crippen LogP contribution in [0.3, 0.4) is 0 Å². The molecule has 1 aliphatic heterocycles. The number of hydrogen-bond acceptors (Lipinski definition) is 6. The first-order chi connectivity index (χ1) is 12.0. The number of carbonyl (C=O) groups is 1. The van der Waals surface area contributed by atoms with Crippen LogP contribution in [-0.2, 0) is 21.2 Å². The smallest absolute Gasteiger partial charge is 0.272 e. The largest absolute Gasteiger partial charge is 0.477 e. The summed E-state index contributed by atoms with van der Waals surface area (Å²) in [7, 11) is -2.32. The number of aromatic nitrogens is 1. The van der Waals surface area contributed by atoms with E-state index in [2.05, 4.69) is 20.9 Å². The van der Waals surface area contributed by atoms with E-state index in [-0.39, 0.29) is 20.9 Å². The van der Waals surface area contributed by atoms with Crippen LogP contribution in [-0.4, -0.2) is 32.0 Å². The van der Waals surface area contributed by atoms with Crippen molar-refractivity contribution in [1.29, 1.82) is 0 Å². The van der Waals surface area contributed by atoms with Gasteiger partial charge in [-0.05, 0) is 44.0 Å². The molecule has 2 N–H and O–H groups in total. The van der Waals surface area contributed by atoms with Crippen molar-refractivity contribution in [1.82, 2.24) is 4.98 Å². The van der Waals surface area contributed by atoms with Gasteiger partial charge in [0.25, 0.3) is 5.91 Å². The minimum absolute atomic E-state index is 0.0444. The maximum absolute atomic E-state index is 13.0. The average Bonchev–Trinajstić information content (AvgIpc) is 2.96. The van der Waals surface area contributed by atoms with E-state index in [4.69, 9.17) is 9.88 Å². The molecule has 0 bridgehead atoms. The molecule has 10 heteroatoms. The van der Waals surface area contributed by atoms with Crippen LogP contribution in [0.4, 0.5) is 5.13 Å². The van der Waals surface area contributed by atoms with Crippen molar-refractivity contribution < 1.29 is 17.9 Å². The summed E-state index contributed by atoms with van der Waals surface area (Å²) in [6.45, 7) is 3.28. The third-order valence-corrected chi connectivity index (χ3v) is 7.56. The van der Waals surface area contributed by atoms with E-state index in [0.29, 0.717) is 18.6 Å². The molecule has 140 valence electrons. The van der Waals surface area contributed by atoms with E-state index >= 15 is 0 Å². The number of sulfonamides is 1. The van der Waals surface area contributed by atoms with E-state index in [1.54, 1.807) is 20.9 Å². The van der Waals surface area contributed by atoms with Gasteiger partial charge < -0.3 is 4.74 Å². The van der Waals surface area contributed by atoms with Crippen molar-refractivity contribution in [3.8, 4) is 5.75 Å². The lowest BCUT2D eigenvalue weighted by atomic mass is 9.91. The zero-order chi connectivity index (χ0) is 19.3. The molecule has 0 radical (unpaired) electrons. The van der Waals surface area contributed by atoms with Crippen molar-refractivity contribution in [3.05, 3.63) is 33.9 Å². The van der Waals surface area contributed by atoms with Crippen LogP contribution in [0, 0.1) is 6.92 Å². The number of ether oxygens (including phenoxy) is 1. The van der Waals surface area contributed by atoms with Gasteiger partial charge in [-0.2, -0.15) is 0 Å². The van der Waals surface area contributed by atoms with E-state index < -0.39 is 15.6 Å². The van der Waals surface area contributed by atoms with Gasteiger partial charge in [0.05, 0.1) is 5.69 Å². The number of likely N-dealkylation sites (N-methyl/N-ethyl adjacent to an activating group) is 1. The topological polar surface area (TPSA) is 103 Å². The Bertz CT molecular complexity index is 989.